The normalized spacial score (nSPS) is 16.0. The molecule has 0 saturated carbocycles. The summed E-state index contributed by atoms with van der Waals surface area (Å²) >= 11 is 0. The van der Waals surface area contributed by atoms with Crippen LogP contribution < -0.4 is 0 Å². The number of hydrogen-bond acceptors (Lipinski definition) is 3. The lowest BCUT2D eigenvalue weighted by Gasteiger charge is -2.28. The lowest BCUT2D eigenvalue weighted by atomic mass is 10.2. The number of rotatable bonds is 6. The van der Waals surface area contributed by atoms with Gasteiger partial charge in [-0.25, -0.2) is 9.59 Å². The Morgan fingerprint density at radius 1 is 1.23 bits per heavy atom. The van der Waals surface area contributed by atoms with Crippen molar-refractivity contribution in [2.75, 3.05) is 26.7 Å². The van der Waals surface area contributed by atoms with Crippen molar-refractivity contribution < 1.29 is 14.3 Å². The van der Waals surface area contributed by atoms with Gasteiger partial charge in [0.15, 0.2) is 0 Å². The minimum Gasteiger partial charge on any atom is -0.444 e. The Hall–Kier alpha value is -2.24. The average Bonchev–Trinajstić information content (AvgIpc) is 2.92. The van der Waals surface area contributed by atoms with Gasteiger partial charge in [-0.2, -0.15) is 0 Å². The maximum atomic E-state index is 12.7. The molecule has 1 saturated heterocycles. The highest BCUT2D eigenvalue weighted by molar-refractivity contribution is 5.76. The molecule has 1 heterocycles. The minimum absolute atomic E-state index is 0.0706. The number of ether oxygens (including phenoxy) is 1. The third kappa shape index (κ3) is 5.64. The van der Waals surface area contributed by atoms with Gasteiger partial charge in [0, 0.05) is 39.3 Å². The molecule has 1 aliphatic heterocycles. The summed E-state index contributed by atoms with van der Waals surface area (Å²) in [5.74, 6) is 0. The van der Waals surface area contributed by atoms with Crippen LogP contribution in [0.3, 0.4) is 0 Å². The fourth-order valence-corrected chi connectivity index (χ4v) is 2.93. The van der Waals surface area contributed by atoms with E-state index in [0.29, 0.717) is 13.1 Å². The van der Waals surface area contributed by atoms with E-state index in [4.69, 9.17) is 4.74 Å². The summed E-state index contributed by atoms with van der Waals surface area (Å²) in [7, 11) is 1.73. The van der Waals surface area contributed by atoms with Gasteiger partial charge in [0.25, 0.3) is 0 Å². The highest BCUT2D eigenvalue weighted by Gasteiger charge is 2.32. The van der Waals surface area contributed by atoms with E-state index in [2.05, 4.69) is 0 Å². The van der Waals surface area contributed by atoms with Crippen LogP contribution in [-0.2, 0) is 11.3 Å². The summed E-state index contributed by atoms with van der Waals surface area (Å²) in [6.07, 6.45) is 0.392. The molecule has 0 spiro atoms. The van der Waals surface area contributed by atoms with Crippen LogP contribution in [0.1, 0.15) is 39.7 Å². The number of amides is 3. The molecule has 0 aliphatic carbocycles. The fraction of sp³-hybridized carbons (Fsp3) is 0.600. The van der Waals surface area contributed by atoms with Crippen LogP contribution >= 0.6 is 0 Å². The molecule has 1 aromatic rings. The Balaban J connectivity index is 1.81. The summed E-state index contributed by atoms with van der Waals surface area (Å²) in [6.45, 7) is 10.2. The predicted octanol–water partition coefficient (Wildman–Crippen LogP) is 3.57. The Morgan fingerprint density at radius 3 is 2.50 bits per heavy atom. The zero-order valence-electron chi connectivity index (χ0n) is 16.6. The SMILES string of the molecule is CC(CCN(C)C(=O)OC(C)(C)C)N1CCN(Cc2ccccc2)C1=O. The predicted molar refractivity (Wildman–Crippen MR) is 102 cm³/mol. The van der Waals surface area contributed by atoms with Crippen molar-refractivity contribution in [2.24, 2.45) is 0 Å². The first-order valence-electron chi connectivity index (χ1n) is 9.21. The van der Waals surface area contributed by atoms with Crippen LogP contribution in [0.25, 0.3) is 0 Å². The third-order valence-electron chi connectivity index (χ3n) is 4.46. The Kier molecular flexibility index (Phi) is 6.51. The Bertz CT molecular complexity index is 612. The molecule has 26 heavy (non-hydrogen) atoms. The Morgan fingerprint density at radius 2 is 1.88 bits per heavy atom. The quantitative estimate of drug-likeness (QED) is 0.778. The molecule has 1 unspecified atom stereocenters. The summed E-state index contributed by atoms with van der Waals surface area (Å²) < 4.78 is 5.36. The largest absolute Gasteiger partial charge is 0.444 e. The van der Waals surface area contributed by atoms with Gasteiger partial charge >= 0.3 is 12.1 Å². The first kappa shape index (κ1) is 20.1. The van der Waals surface area contributed by atoms with Crippen LogP contribution in [0.4, 0.5) is 9.59 Å². The molecule has 1 aliphatic rings. The number of carbonyl (C=O) groups excluding carboxylic acids is 2. The molecule has 3 amide bonds. The molecule has 1 fully saturated rings. The van der Waals surface area contributed by atoms with Crippen LogP contribution in [0.5, 0.6) is 0 Å². The molecular formula is C20H31N3O3. The van der Waals surface area contributed by atoms with E-state index in [-0.39, 0.29) is 18.2 Å². The van der Waals surface area contributed by atoms with Gasteiger partial charge in [0.2, 0.25) is 0 Å². The zero-order chi connectivity index (χ0) is 19.3. The number of urea groups is 1. The summed E-state index contributed by atoms with van der Waals surface area (Å²) in [5.41, 5.74) is 0.639. The fourth-order valence-electron chi connectivity index (χ4n) is 2.93. The highest BCUT2D eigenvalue weighted by Crippen LogP contribution is 2.18. The molecule has 144 valence electrons. The van der Waals surface area contributed by atoms with E-state index >= 15 is 0 Å². The van der Waals surface area contributed by atoms with E-state index in [1.807, 2.05) is 67.8 Å². The van der Waals surface area contributed by atoms with Gasteiger partial charge in [-0.3, -0.25) is 0 Å². The number of nitrogens with zero attached hydrogens (tertiary/aromatic N) is 3. The number of benzene rings is 1. The summed E-state index contributed by atoms with van der Waals surface area (Å²) in [4.78, 5) is 30.0. The number of carbonyl (C=O) groups is 2. The smallest absolute Gasteiger partial charge is 0.410 e. The van der Waals surface area contributed by atoms with Crippen molar-refractivity contribution in [3.63, 3.8) is 0 Å². The zero-order valence-corrected chi connectivity index (χ0v) is 16.6. The molecular weight excluding hydrogens is 330 g/mol. The molecule has 0 N–H and O–H groups in total. The van der Waals surface area contributed by atoms with Gasteiger partial charge in [0.05, 0.1) is 0 Å². The molecule has 0 aromatic heterocycles. The second kappa shape index (κ2) is 8.43. The monoisotopic (exact) mass is 361 g/mol. The summed E-state index contributed by atoms with van der Waals surface area (Å²) in [6, 6.07) is 10.2. The topological polar surface area (TPSA) is 53.1 Å². The summed E-state index contributed by atoms with van der Waals surface area (Å²) in [5, 5.41) is 0. The first-order valence-corrected chi connectivity index (χ1v) is 9.21. The van der Waals surface area contributed by atoms with Crippen molar-refractivity contribution in [1.29, 1.82) is 0 Å². The van der Waals surface area contributed by atoms with Crippen LogP contribution in [0.2, 0.25) is 0 Å². The van der Waals surface area contributed by atoms with Crippen molar-refractivity contribution in [2.45, 2.75) is 52.3 Å². The molecule has 6 nitrogen and oxygen atoms in total. The second-order valence-corrected chi connectivity index (χ2v) is 7.92. The lowest BCUT2D eigenvalue weighted by Crippen LogP contribution is -2.41. The molecule has 0 bridgehead atoms. The van der Waals surface area contributed by atoms with Crippen LogP contribution in [0, 0.1) is 0 Å². The highest BCUT2D eigenvalue weighted by atomic mass is 16.6. The van der Waals surface area contributed by atoms with Crippen LogP contribution in [0.15, 0.2) is 30.3 Å². The van der Waals surface area contributed by atoms with Gasteiger partial charge in [-0.15, -0.1) is 0 Å². The van der Waals surface area contributed by atoms with Crippen LogP contribution in [-0.4, -0.2) is 65.1 Å². The van der Waals surface area contributed by atoms with Crippen molar-refractivity contribution >= 4 is 12.1 Å². The molecule has 2 rings (SSSR count). The lowest BCUT2D eigenvalue weighted by molar-refractivity contribution is 0.0289. The third-order valence-corrected chi connectivity index (χ3v) is 4.46. The van der Waals surface area contributed by atoms with Gasteiger partial charge < -0.3 is 19.4 Å². The van der Waals surface area contributed by atoms with Crippen molar-refractivity contribution in [3.05, 3.63) is 35.9 Å². The molecule has 1 atom stereocenters. The number of hydrogen-bond donors (Lipinski definition) is 0. The van der Waals surface area contributed by atoms with Gasteiger partial charge in [0.1, 0.15) is 5.60 Å². The Labute approximate surface area is 156 Å². The van der Waals surface area contributed by atoms with Crippen molar-refractivity contribution in [3.8, 4) is 0 Å². The van der Waals surface area contributed by atoms with E-state index in [9.17, 15) is 9.59 Å². The minimum atomic E-state index is -0.500. The molecule has 6 heteroatoms. The maximum absolute atomic E-state index is 12.7. The standard InChI is InChI=1S/C20H31N3O3/c1-16(11-12-21(5)19(25)26-20(2,3)4)23-14-13-22(18(23)24)15-17-9-7-6-8-10-17/h6-10,16H,11-15H2,1-5H3. The van der Waals surface area contributed by atoms with Gasteiger partial charge in [-0.1, -0.05) is 30.3 Å². The maximum Gasteiger partial charge on any atom is 0.410 e. The van der Waals surface area contributed by atoms with Gasteiger partial charge in [-0.05, 0) is 39.7 Å². The molecule has 1 aromatic carbocycles. The van der Waals surface area contributed by atoms with E-state index in [0.717, 1.165) is 25.1 Å². The van der Waals surface area contributed by atoms with E-state index in [1.165, 1.54) is 0 Å². The van der Waals surface area contributed by atoms with E-state index < -0.39 is 5.60 Å². The second-order valence-electron chi connectivity index (χ2n) is 7.92. The molecule has 0 radical (unpaired) electrons. The first-order chi connectivity index (χ1) is 12.2. The van der Waals surface area contributed by atoms with E-state index in [1.54, 1.807) is 11.9 Å². The average molecular weight is 361 g/mol. The van der Waals surface area contributed by atoms with Crippen molar-refractivity contribution in [1.82, 2.24) is 14.7 Å².